The van der Waals surface area contributed by atoms with Crippen LogP contribution in [0.3, 0.4) is 0 Å². The van der Waals surface area contributed by atoms with Crippen molar-refractivity contribution in [1.29, 1.82) is 0 Å². The van der Waals surface area contributed by atoms with Crippen LogP contribution in [0.2, 0.25) is 0 Å². The second-order valence-electron chi connectivity index (χ2n) is 4.08. The van der Waals surface area contributed by atoms with Crippen molar-refractivity contribution in [2.24, 2.45) is 0 Å². The molecule has 1 aromatic carbocycles. The first-order chi connectivity index (χ1) is 9.15. The molecule has 2 aromatic rings. The van der Waals surface area contributed by atoms with E-state index in [1.807, 2.05) is 0 Å². The van der Waals surface area contributed by atoms with Crippen molar-refractivity contribution in [3.05, 3.63) is 51.7 Å². The average molecular weight is 262 g/mol. The lowest BCUT2D eigenvalue weighted by atomic mass is 10.1. The van der Waals surface area contributed by atoms with Gasteiger partial charge in [0, 0.05) is 19.1 Å². The van der Waals surface area contributed by atoms with Crippen LogP contribution in [0.15, 0.2) is 28.8 Å². The van der Waals surface area contributed by atoms with E-state index in [1.54, 1.807) is 19.1 Å². The van der Waals surface area contributed by atoms with Crippen LogP contribution in [0.25, 0.3) is 0 Å². The number of aryl methyl sites for hydroxylation is 1. The van der Waals surface area contributed by atoms with Gasteiger partial charge in [-0.05, 0) is 18.5 Å². The molecule has 0 saturated heterocycles. The molecule has 0 radical (unpaired) electrons. The molecule has 0 atom stereocenters. The molecule has 7 nitrogen and oxygen atoms in total. The maximum atomic E-state index is 10.5. The number of nitrogens with zero attached hydrogens (tertiary/aromatic N) is 3. The smallest absolute Gasteiger partial charge is 0.269 e. The van der Waals surface area contributed by atoms with E-state index >= 15 is 0 Å². The van der Waals surface area contributed by atoms with Crippen molar-refractivity contribution in [1.82, 2.24) is 15.5 Å². The third-order valence-electron chi connectivity index (χ3n) is 2.59. The number of nitro benzene ring substituents is 1. The molecule has 0 bridgehead atoms. The summed E-state index contributed by atoms with van der Waals surface area (Å²) >= 11 is 0. The van der Waals surface area contributed by atoms with Crippen molar-refractivity contribution >= 4 is 5.69 Å². The van der Waals surface area contributed by atoms with Crippen LogP contribution >= 0.6 is 0 Å². The van der Waals surface area contributed by atoms with Gasteiger partial charge < -0.3 is 9.84 Å². The third kappa shape index (κ3) is 3.85. The van der Waals surface area contributed by atoms with E-state index in [1.165, 1.54) is 12.1 Å². The number of hydrogen-bond acceptors (Lipinski definition) is 6. The highest BCUT2D eigenvalue weighted by atomic mass is 16.6. The summed E-state index contributed by atoms with van der Waals surface area (Å²) in [7, 11) is 0. The number of hydrogen-bond donors (Lipinski definition) is 1. The second kappa shape index (κ2) is 6.05. The van der Waals surface area contributed by atoms with Crippen molar-refractivity contribution < 1.29 is 9.45 Å². The Morgan fingerprint density at radius 1 is 1.37 bits per heavy atom. The Hall–Kier alpha value is -2.28. The Balaban J connectivity index is 1.75. The lowest BCUT2D eigenvalue weighted by molar-refractivity contribution is -0.384. The minimum absolute atomic E-state index is 0.110. The molecule has 1 aromatic heterocycles. The number of rotatable bonds is 6. The molecular formula is C12H14N4O3. The summed E-state index contributed by atoms with van der Waals surface area (Å²) in [5, 5.41) is 17.5. The highest BCUT2D eigenvalue weighted by molar-refractivity contribution is 5.32. The fourth-order valence-electron chi connectivity index (χ4n) is 1.63. The first-order valence-corrected chi connectivity index (χ1v) is 5.88. The Morgan fingerprint density at radius 2 is 2.11 bits per heavy atom. The van der Waals surface area contributed by atoms with Crippen LogP contribution in [0.5, 0.6) is 0 Å². The minimum atomic E-state index is -0.402. The van der Waals surface area contributed by atoms with Gasteiger partial charge in [-0.15, -0.1) is 0 Å². The highest BCUT2D eigenvalue weighted by Gasteiger charge is 2.04. The average Bonchev–Trinajstić information content (AvgIpc) is 2.81. The van der Waals surface area contributed by atoms with Gasteiger partial charge in [-0.1, -0.05) is 17.3 Å². The summed E-state index contributed by atoms with van der Waals surface area (Å²) < 4.78 is 4.85. The van der Waals surface area contributed by atoms with Crippen LogP contribution in [-0.4, -0.2) is 21.6 Å². The molecule has 7 heteroatoms. The summed E-state index contributed by atoms with van der Waals surface area (Å²) in [6.45, 7) is 3.03. The maximum absolute atomic E-state index is 10.5. The van der Waals surface area contributed by atoms with Crippen LogP contribution in [0.4, 0.5) is 5.69 Å². The summed E-state index contributed by atoms with van der Waals surface area (Å²) in [6, 6.07) is 6.55. The van der Waals surface area contributed by atoms with Gasteiger partial charge in [-0.25, -0.2) is 0 Å². The van der Waals surface area contributed by atoms with Crippen molar-refractivity contribution in [3.63, 3.8) is 0 Å². The topological polar surface area (TPSA) is 94.1 Å². The van der Waals surface area contributed by atoms with Crippen molar-refractivity contribution in [2.75, 3.05) is 6.54 Å². The molecular weight excluding hydrogens is 248 g/mol. The van der Waals surface area contributed by atoms with Crippen LogP contribution in [0, 0.1) is 17.0 Å². The Morgan fingerprint density at radius 3 is 2.68 bits per heavy atom. The van der Waals surface area contributed by atoms with Crippen molar-refractivity contribution in [2.45, 2.75) is 19.9 Å². The molecule has 19 heavy (non-hydrogen) atoms. The molecule has 1 heterocycles. The van der Waals surface area contributed by atoms with Gasteiger partial charge >= 0.3 is 0 Å². The number of nitro groups is 1. The van der Waals surface area contributed by atoms with Gasteiger partial charge in [0.25, 0.3) is 5.69 Å². The third-order valence-corrected chi connectivity index (χ3v) is 2.59. The van der Waals surface area contributed by atoms with Crippen LogP contribution < -0.4 is 5.32 Å². The van der Waals surface area contributed by atoms with Gasteiger partial charge in [0.15, 0.2) is 5.82 Å². The monoisotopic (exact) mass is 262 g/mol. The largest absolute Gasteiger partial charge is 0.340 e. The van der Waals surface area contributed by atoms with Crippen molar-refractivity contribution in [3.8, 4) is 0 Å². The number of benzene rings is 1. The van der Waals surface area contributed by atoms with E-state index < -0.39 is 4.92 Å². The first kappa shape index (κ1) is 13.2. The zero-order chi connectivity index (χ0) is 13.7. The summed E-state index contributed by atoms with van der Waals surface area (Å²) in [4.78, 5) is 14.2. The van der Waals surface area contributed by atoms with Gasteiger partial charge in [-0.3, -0.25) is 10.1 Å². The molecule has 100 valence electrons. The minimum Gasteiger partial charge on any atom is -0.340 e. The van der Waals surface area contributed by atoms with E-state index in [0.717, 1.165) is 18.5 Å². The maximum Gasteiger partial charge on any atom is 0.269 e. The lowest BCUT2D eigenvalue weighted by Crippen LogP contribution is -2.17. The number of nitrogens with one attached hydrogen (secondary N) is 1. The molecule has 0 aliphatic heterocycles. The standard InChI is InChI=1S/C12H14N4O3/c1-9-14-12(15-19-9)8-13-7-6-10-2-4-11(5-3-10)16(17)18/h2-5,13H,6-8H2,1H3. The molecule has 2 rings (SSSR count). The molecule has 0 fully saturated rings. The Kier molecular flexibility index (Phi) is 4.19. The SMILES string of the molecule is Cc1nc(CNCCc2ccc([N+](=O)[O-])cc2)no1. The van der Waals surface area contributed by atoms with E-state index in [-0.39, 0.29) is 5.69 Å². The Labute approximate surface area is 109 Å². The van der Waals surface area contributed by atoms with Gasteiger partial charge in [0.1, 0.15) is 0 Å². The van der Waals surface area contributed by atoms with Gasteiger partial charge in [0.2, 0.25) is 5.89 Å². The predicted octanol–water partition coefficient (Wildman–Crippen LogP) is 1.62. The Bertz CT molecular complexity index is 550. The second-order valence-corrected chi connectivity index (χ2v) is 4.08. The number of aromatic nitrogens is 2. The summed E-state index contributed by atoms with van der Waals surface area (Å²) in [6.07, 6.45) is 0.787. The quantitative estimate of drug-likeness (QED) is 0.483. The van der Waals surface area contributed by atoms with E-state index in [0.29, 0.717) is 18.3 Å². The zero-order valence-electron chi connectivity index (χ0n) is 10.5. The summed E-state index contributed by atoms with van der Waals surface area (Å²) in [5.74, 6) is 1.17. The van der Waals surface area contributed by atoms with Gasteiger partial charge in [0.05, 0.1) is 11.5 Å². The fourth-order valence-corrected chi connectivity index (χ4v) is 1.63. The van der Waals surface area contributed by atoms with Gasteiger partial charge in [-0.2, -0.15) is 4.98 Å². The first-order valence-electron chi connectivity index (χ1n) is 5.88. The molecule has 0 aliphatic carbocycles. The predicted molar refractivity (Wildman–Crippen MR) is 67.5 cm³/mol. The molecule has 0 unspecified atom stereocenters. The molecule has 0 saturated carbocycles. The zero-order valence-corrected chi connectivity index (χ0v) is 10.5. The summed E-state index contributed by atoms with van der Waals surface area (Å²) in [5.41, 5.74) is 1.15. The molecule has 0 amide bonds. The highest BCUT2D eigenvalue weighted by Crippen LogP contribution is 2.11. The molecule has 1 N–H and O–H groups in total. The number of non-ortho nitro benzene ring substituents is 1. The van der Waals surface area contributed by atoms with E-state index in [4.69, 9.17) is 4.52 Å². The fraction of sp³-hybridized carbons (Fsp3) is 0.333. The lowest BCUT2D eigenvalue weighted by Gasteiger charge is -2.02. The van der Waals surface area contributed by atoms with E-state index in [2.05, 4.69) is 15.5 Å². The van der Waals surface area contributed by atoms with Crippen LogP contribution in [-0.2, 0) is 13.0 Å². The van der Waals surface area contributed by atoms with Crippen LogP contribution in [0.1, 0.15) is 17.3 Å². The normalized spacial score (nSPS) is 10.6. The van der Waals surface area contributed by atoms with E-state index in [9.17, 15) is 10.1 Å². The molecule has 0 spiro atoms. The molecule has 0 aliphatic rings.